The molecule has 0 spiro atoms. The molecule has 1 atom stereocenters. The SMILES string of the molecule is CC1=CCCC(C)(C)C1C=CC(=O)CC(=O)C=CC1=C(C)CCCC1(C)C. The first kappa shape index (κ1) is 21.6. The van der Waals surface area contributed by atoms with E-state index in [2.05, 4.69) is 47.6 Å². The van der Waals surface area contributed by atoms with Gasteiger partial charge in [-0.1, -0.05) is 57.1 Å². The Morgan fingerprint density at radius 3 is 2.37 bits per heavy atom. The molecule has 2 aliphatic rings. The molecule has 0 saturated heterocycles. The molecule has 148 valence electrons. The monoisotopic (exact) mass is 368 g/mol. The van der Waals surface area contributed by atoms with Crippen molar-refractivity contribution in [3.8, 4) is 0 Å². The maximum Gasteiger partial charge on any atom is 0.163 e. The number of hydrogen-bond donors (Lipinski definition) is 0. The van der Waals surface area contributed by atoms with E-state index < -0.39 is 0 Å². The second-order valence-electron chi connectivity index (χ2n) is 9.69. The van der Waals surface area contributed by atoms with Crippen LogP contribution in [0.1, 0.15) is 80.1 Å². The molecular formula is C25H36O2. The quantitative estimate of drug-likeness (QED) is 0.303. The lowest BCUT2D eigenvalue weighted by molar-refractivity contribution is -0.121. The average Bonchev–Trinajstić information content (AvgIpc) is 2.52. The maximum absolute atomic E-state index is 12.3. The molecule has 0 N–H and O–H groups in total. The highest BCUT2D eigenvalue weighted by atomic mass is 16.1. The average molecular weight is 369 g/mol. The molecule has 27 heavy (non-hydrogen) atoms. The predicted molar refractivity (Wildman–Crippen MR) is 114 cm³/mol. The van der Waals surface area contributed by atoms with E-state index in [1.807, 2.05) is 12.2 Å². The second-order valence-corrected chi connectivity index (χ2v) is 9.69. The Kier molecular flexibility index (Phi) is 6.83. The highest BCUT2D eigenvalue weighted by Crippen LogP contribution is 2.42. The number of allylic oxidation sites excluding steroid dienone is 8. The summed E-state index contributed by atoms with van der Waals surface area (Å²) in [5.41, 5.74) is 4.22. The van der Waals surface area contributed by atoms with Crippen molar-refractivity contribution in [1.29, 1.82) is 0 Å². The third-order valence-electron chi connectivity index (χ3n) is 6.39. The smallest absolute Gasteiger partial charge is 0.163 e. The number of carbonyl (C=O) groups is 2. The molecule has 2 heteroatoms. The van der Waals surface area contributed by atoms with Crippen LogP contribution < -0.4 is 0 Å². The van der Waals surface area contributed by atoms with Gasteiger partial charge in [-0.3, -0.25) is 9.59 Å². The Morgan fingerprint density at radius 1 is 1.07 bits per heavy atom. The Morgan fingerprint density at radius 2 is 1.74 bits per heavy atom. The van der Waals surface area contributed by atoms with Crippen molar-refractivity contribution < 1.29 is 9.59 Å². The zero-order valence-electron chi connectivity index (χ0n) is 18.0. The van der Waals surface area contributed by atoms with Crippen LogP contribution in [0.2, 0.25) is 0 Å². The van der Waals surface area contributed by atoms with Gasteiger partial charge in [0.05, 0.1) is 6.42 Å². The standard InChI is InChI=1S/C25H36O2/c1-18-9-7-15-24(3,4)22(18)13-11-20(26)17-21(27)12-14-23-19(2)10-8-16-25(23,5)6/h9,11-14,22H,7-8,10,15-17H2,1-6H3. The Balaban J connectivity index is 1.99. The molecular weight excluding hydrogens is 332 g/mol. The van der Waals surface area contributed by atoms with E-state index in [0.717, 1.165) is 25.7 Å². The van der Waals surface area contributed by atoms with Crippen LogP contribution in [-0.2, 0) is 9.59 Å². The molecule has 2 nitrogen and oxygen atoms in total. The normalized spacial score (nSPS) is 25.1. The number of rotatable bonds is 6. The Hall–Kier alpha value is -1.70. The van der Waals surface area contributed by atoms with E-state index in [9.17, 15) is 9.59 Å². The van der Waals surface area contributed by atoms with Gasteiger partial charge in [0, 0.05) is 5.92 Å². The lowest BCUT2D eigenvalue weighted by Crippen LogP contribution is -2.26. The number of ketones is 2. The molecule has 1 unspecified atom stereocenters. The second kappa shape index (κ2) is 8.54. The van der Waals surface area contributed by atoms with E-state index in [-0.39, 0.29) is 34.7 Å². The summed E-state index contributed by atoms with van der Waals surface area (Å²) >= 11 is 0. The van der Waals surface area contributed by atoms with Gasteiger partial charge >= 0.3 is 0 Å². The third kappa shape index (κ3) is 5.64. The molecule has 0 aromatic heterocycles. The van der Waals surface area contributed by atoms with Crippen molar-refractivity contribution in [2.45, 2.75) is 80.1 Å². The van der Waals surface area contributed by atoms with Gasteiger partial charge in [0.15, 0.2) is 11.6 Å². The number of hydrogen-bond acceptors (Lipinski definition) is 2. The molecule has 0 heterocycles. The Labute approximate surface area is 165 Å². The molecule has 0 amide bonds. The lowest BCUT2D eigenvalue weighted by atomic mass is 9.68. The molecule has 2 aliphatic carbocycles. The van der Waals surface area contributed by atoms with Crippen LogP contribution in [0.4, 0.5) is 0 Å². The van der Waals surface area contributed by atoms with Crippen LogP contribution in [0, 0.1) is 16.7 Å². The van der Waals surface area contributed by atoms with Crippen LogP contribution in [0.3, 0.4) is 0 Å². The largest absolute Gasteiger partial charge is 0.294 e. The first-order chi connectivity index (χ1) is 12.5. The summed E-state index contributed by atoms with van der Waals surface area (Å²) in [5, 5.41) is 0. The molecule has 0 radical (unpaired) electrons. The number of carbonyl (C=O) groups excluding carboxylic acids is 2. The molecule has 2 rings (SSSR count). The van der Waals surface area contributed by atoms with E-state index in [1.54, 1.807) is 12.2 Å². The van der Waals surface area contributed by atoms with Gasteiger partial charge in [-0.15, -0.1) is 0 Å². The van der Waals surface area contributed by atoms with Crippen LogP contribution >= 0.6 is 0 Å². The molecule has 0 aliphatic heterocycles. The fraction of sp³-hybridized carbons (Fsp3) is 0.600. The molecule has 0 aromatic rings. The maximum atomic E-state index is 12.3. The van der Waals surface area contributed by atoms with Crippen molar-refractivity contribution >= 4 is 11.6 Å². The van der Waals surface area contributed by atoms with Gasteiger partial charge in [-0.25, -0.2) is 0 Å². The summed E-state index contributed by atoms with van der Waals surface area (Å²) in [6.45, 7) is 13.2. The predicted octanol–water partition coefficient (Wildman–Crippen LogP) is 6.54. The first-order valence-electron chi connectivity index (χ1n) is 10.3. The Bertz CT molecular complexity index is 711. The minimum atomic E-state index is -0.110. The van der Waals surface area contributed by atoms with Gasteiger partial charge in [-0.2, -0.15) is 0 Å². The fourth-order valence-electron chi connectivity index (χ4n) is 4.66. The fourth-order valence-corrected chi connectivity index (χ4v) is 4.66. The summed E-state index contributed by atoms with van der Waals surface area (Å²) in [4.78, 5) is 24.6. The summed E-state index contributed by atoms with van der Waals surface area (Å²) in [5.74, 6) is 0.0607. The molecule has 0 aromatic carbocycles. The van der Waals surface area contributed by atoms with Crippen LogP contribution in [0.5, 0.6) is 0 Å². The van der Waals surface area contributed by atoms with Gasteiger partial charge in [0.2, 0.25) is 0 Å². The summed E-state index contributed by atoms with van der Waals surface area (Å²) in [6, 6.07) is 0. The minimum absolute atomic E-state index is 0.0460. The van der Waals surface area contributed by atoms with Gasteiger partial charge in [0.1, 0.15) is 0 Å². The van der Waals surface area contributed by atoms with Gasteiger partial charge < -0.3 is 0 Å². The van der Waals surface area contributed by atoms with E-state index in [1.165, 1.54) is 23.1 Å². The van der Waals surface area contributed by atoms with Crippen molar-refractivity contribution in [2.75, 3.05) is 0 Å². The minimum Gasteiger partial charge on any atom is -0.294 e. The van der Waals surface area contributed by atoms with Crippen molar-refractivity contribution in [2.24, 2.45) is 16.7 Å². The van der Waals surface area contributed by atoms with Crippen LogP contribution in [-0.4, -0.2) is 11.6 Å². The van der Waals surface area contributed by atoms with Gasteiger partial charge in [-0.05, 0) is 74.5 Å². The van der Waals surface area contributed by atoms with Crippen molar-refractivity contribution in [3.63, 3.8) is 0 Å². The first-order valence-corrected chi connectivity index (χ1v) is 10.3. The summed E-state index contributed by atoms with van der Waals surface area (Å²) in [7, 11) is 0. The third-order valence-corrected chi connectivity index (χ3v) is 6.39. The van der Waals surface area contributed by atoms with Crippen molar-refractivity contribution in [1.82, 2.24) is 0 Å². The molecule has 0 fully saturated rings. The summed E-state index contributed by atoms with van der Waals surface area (Å²) < 4.78 is 0. The van der Waals surface area contributed by atoms with E-state index in [4.69, 9.17) is 0 Å². The highest BCUT2D eigenvalue weighted by Gasteiger charge is 2.31. The van der Waals surface area contributed by atoms with Crippen molar-refractivity contribution in [3.05, 3.63) is 47.1 Å². The zero-order chi connectivity index (χ0) is 20.2. The lowest BCUT2D eigenvalue weighted by Gasteiger charge is -2.36. The van der Waals surface area contributed by atoms with E-state index >= 15 is 0 Å². The topological polar surface area (TPSA) is 34.1 Å². The molecule has 0 saturated carbocycles. The van der Waals surface area contributed by atoms with Gasteiger partial charge in [0.25, 0.3) is 0 Å². The highest BCUT2D eigenvalue weighted by molar-refractivity contribution is 6.08. The molecule has 0 bridgehead atoms. The van der Waals surface area contributed by atoms with Crippen LogP contribution in [0.15, 0.2) is 47.1 Å². The zero-order valence-corrected chi connectivity index (χ0v) is 18.0. The summed E-state index contributed by atoms with van der Waals surface area (Å²) in [6.07, 6.45) is 15.1. The van der Waals surface area contributed by atoms with E-state index in [0.29, 0.717) is 0 Å². The van der Waals surface area contributed by atoms with Crippen LogP contribution in [0.25, 0.3) is 0 Å².